The first-order chi connectivity index (χ1) is 17.8. The lowest BCUT2D eigenvalue weighted by Crippen LogP contribution is -2.42. The predicted molar refractivity (Wildman–Crippen MR) is 136 cm³/mol. The third-order valence-corrected chi connectivity index (χ3v) is 6.16. The van der Waals surface area contributed by atoms with Crippen LogP contribution in [0, 0.1) is 5.82 Å². The van der Waals surface area contributed by atoms with Gasteiger partial charge in [0.2, 0.25) is 0 Å². The smallest absolute Gasteiger partial charge is 0.276 e. The van der Waals surface area contributed by atoms with Gasteiger partial charge in [-0.15, -0.1) is 0 Å². The molecule has 1 aromatic heterocycles. The van der Waals surface area contributed by atoms with Crippen molar-refractivity contribution in [3.05, 3.63) is 76.6 Å². The van der Waals surface area contributed by atoms with Crippen LogP contribution in [0.5, 0.6) is 0 Å². The van der Waals surface area contributed by atoms with Gasteiger partial charge in [-0.3, -0.25) is 19.3 Å². The molecule has 1 fully saturated rings. The van der Waals surface area contributed by atoms with Crippen molar-refractivity contribution in [1.29, 1.82) is 0 Å². The van der Waals surface area contributed by atoms with Crippen LogP contribution in [-0.4, -0.2) is 70.0 Å². The van der Waals surface area contributed by atoms with Crippen LogP contribution in [0.2, 0.25) is 5.02 Å². The number of nitrogens with zero attached hydrogens (tertiary/aromatic N) is 2. The van der Waals surface area contributed by atoms with E-state index in [1.807, 2.05) is 0 Å². The van der Waals surface area contributed by atoms with Crippen molar-refractivity contribution in [3.8, 4) is 0 Å². The molecule has 2 aromatic carbocycles. The van der Waals surface area contributed by atoms with Gasteiger partial charge < -0.3 is 26.0 Å². The molecule has 12 heteroatoms. The van der Waals surface area contributed by atoms with Crippen LogP contribution in [0.25, 0.3) is 0 Å². The molecule has 194 valence electrons. The zero-order valence-corrected chi connectivity index (χ0v) is 20.5. The number of aliphatic hydroxyl groups excluding tert-OH is 1. The average molecular weight is 529 g/mol. The van der Waals surface area contributed by atoms with Crippen molar-refractivity contribution < 1.29 is 23.9 Å². The van der Waals surface area contributed by atoms with Gasteiger partial charge in [-0.05, 0) is 61.9 Å². The molecule has 5 N–H and O–H groups in total. The first-order valence-corrected chi connectivity index (χ1v) is 12.1. The molecule has 3 amide bonds. The monoisotopic (exact) mass is 528 g/mol. The molecular weight excluding hydrogens is 503 g/mol. The van der Waals surface area contributed by atoms with E-state index in [1.165, 1.54) is 12.4 Å². The second-order valence-corrected chi connectivity index (χ2v) is 9.00. The van der Waals surface area contributed by atoms with E-state index in [4.69, 9.17) is 11.6 Å². The van der Waals surface area contributed by atoms with Crippen LogP contribution in [0.1, 0.15) is 44.2 Å². The lowest BCUT2D eigenvalue weighted by atomic mass is 10.1. The van der Waals surface area contributed by atoms with E-state index in [0.717, 1.165) is 31.5 Å². The molecule has 0 radical (unpaired) electrons. The largest absolute Gasteiger partial charge is 0.392 e. The van der Waals surface area contributed by atoms with Crippen LogP contribution in [0.15, 0.2) is 48.8 Å². The molecule has 0 saturated carbocycles. The third kappa shape index (κ3) is 6.91. The van der Waals surface area contributed by atoms with E-state index in [1.54, 1.807) is 24.3 Å². The molecule has 0 spiro atoms. The summed E-state index contributed by atoms with van der Waals surface area (Å²) in [6, 6.07) is 9.76. The topological polar surface area (TPSA) is 139 Å². The Labute approximate surface area is 217 Å². The molecule has 2 heterocycles. The number of benzene rings is 2. The number of carbonyl (C=O) groups is 3. The highest BCUT2D eigenvalue weighted by Crippen LogP contribution is 2.20. The maximum atomic E-state index is 13.2. The summed E-state index contributed by atoms with van der Waals surface area (Å²) in [6.45, 7) is 2.40. The number of likely N-dealkylation sites (tertiary alicyclic amines) is 1. The lowest BCUT2D eigenvalue weighted by Gasteiger charge is -2.29. The fourth-order valence-corrected chi connectivity index (χ4v) is 4.24. The van der Waals surface area contributed by atoms with Crippen LogP contribution in [-0.2, 0) is 0 Å². The number of H-pyrrole nitrogens is 1. The highest BCUT2D eigenvalue weighted by Gasteiger charge is 2.22. The van der Waals surface area contributed by atoms with Crippen LogP contribution < -0.4 is 16.0 Å². The Morgan fingerprint density at radius 1 is 1.08 bits per heavy atom. The number of amides is 3. The minimum absolute atomic E-state index is 0.00878. The molecule has 1 saturated heterocycles. The van der Waals surface area contributed by atoms with Gasteiger partial charge >= 0.3 is 0 Å². The summed E-state index contributed by atoms with van der Waals surface area (Å²) in [6.07, 6.45) is 2.63. The standard InChI is InChI=1S/C25H26ClFN6O4/c26-20-12-15(27)3-8-19(20)23(35)31-16-4-6-17(7-5-16)32-25(37)22-21(29-14-30-22)24(36)28-9-11-33-10-1-2-18(34)13-33/h3-8,12,14,18,34H,1-2,9-11,13H2,(H,28,36)(H,29,30)(H,31,35)(H,32,37). The number of aliphatic hydroxyl groups is 1. The van der Waals surface area contributed by atoms with Gasteiger partial charge in [0.15, 0.2) is 5.69 Å². The van der Waals surface area contributed by atoms with Crippen molar-refractivity contribution in [2.45, 2.75) is 18.9 Å². The quantitative estimate of drug-likeness (QED) is 0.304. The van der Waals surface area contributed by atoms with Crippen LogP contribution >= 0.6 is 11.6 Å². The summed E-state index contributed by atoms with van der Waals surface area (Å²) < 4.78 is 13.2. The Bertz CT molecular complexity index is 1280. The number of aromatic amines is 1. The normalized spacial score (nSPS) is 15.7. The molecule has 1 aliphatic rings. The lowest BCUT2D eigenvalue weighted by molar-refractivity contribution is 0.0702. The minimum Gasteiger partial charge on any atom is -0.392 e. The number of halogens is 2. The number of anilines is 2. The number of hydrogen-bond acceptors (Lipinski definition) is 6. The molecule has 4 rings (SSSR count). The summed E-state index contributed by atoms with van der Waals surface area (Å²) in [5.74, 6) is -2.10. The summed E-state index contributed by atoms with van der Waals surface area (Å²) in [7, 11) is 0. The van der Waals surface area contributed by atoms with Gasteiger partial charge in [-0.25, -0.2) is 9.37 Å². The van der Waals surface area contributed by atoms with Crippen molar-refractivity contribution in [1.82, 2.24) is 20.2 Å². The molecule has 1 unspecified atom stereocenters. The molecule has 0 aliphatic carbocycles. The molecule has 1 aliphatic heterocycles. The number of carbonyl (C=O) groups excluding carboxylic acids is 3. The molecule has 1 atom stereocenters. The van der Waals surface area contributed by atoms with E-state index in [0.29, 0.717) is 31.0 Å². The molecule has 37 heavy (non-hydrogen) atoms. The fourth-order valence-electron chi connectivity index (χ4n) is 3.99. The molecule has 3 aromatic rings. The van der Waals surface area contributed by atoms with E-state index < -0.39 is 23.5 Å². The molecule has 0 bridgehead atoms. The maximum absolute atomic E-state index is 13.2. The summed E-state index contributed by atoms with van der Waals surface area (Å²) in [5.41, 5.74) is 0.953. The SMILES string of the molecule is O=C(Nc1ccc(NC(=O)c2nc[nH]c2C(=O)NCCN2CCCC(O)C2)cc1)c1ccc(F)cc1Cl. The number of β-amino-alcohol motifs (C(OH)–C–C–N with tert-alkyl or cyclic N) is 1. The highest BCUT2D eigenvalue weighted by atomic mass is 35.5. The van der Waals surface area contributed by atoms with Gasteiger partial charge in [0, 0.05) is 31.0 Å². The Hall–Kier alpha value is -3.80. The number of rotatable bonds is 8. The third-order valence-electron chi connectivity index (χ3n) is 5.85. The highest BCUT2D eigenvalue weighted by molar-refractivity contribution is 6.34. The summed E-state index contributed by atoms with van der Waals surface area (Å²) >= 11 is 5.93. The Balaban J connectivity index is 1.31. The first-order valence-electron chi connectivity index (χ1n) is 11.7. The van der Waals surface area contributed by atoms with Crippen molar-refractivity contribution in [2.24, 2.45) is 0 Å². The fraction of sp³-hybridized carbons (Fsp3) is 0.280. The molecule has 10 nitrogen and oxygen atoms in total. The number of nitrogens with one attached hydrogen (secondary N) is 4. The van der Waals surface area contributed by atoms with Crippen LogP contribution in [0.3, 0.4) is 0 Å². The Kier molecular flexibility index (Phi) is 8.49. The number of aromatic nitrogens is 2. The van der Waals surface area contributed by atoms with E-state index in [2.05, 4.69) is 30.8 Å². The number of imidazole rings is 1. The van der Waals surface area contributed by atoms with E-state index in [-0.39, 0.29) is 28.1 Å². The number of piperidine rings is 1. The van der Waals surface area contributed by atoms with E-state index in [9.17, 15) is 23.9 Å². The molecular formula is C25H26ClFN6O4. The van der Waals surface area contributed by atoms with Gasteiger partial charge in [-0.1, -0.05) is 11.6 Å². The average Bonchev–Trinajstić information content (AvgIpc) is 3.36. The second-order valence-electron chi connectivity index (χ2n) is 8.59. The Morgan fingerprint density at radius 2 is 1.78 bits per heavy atom. The number of hydrogen-bond donors (Lipinski definition) is 5. The predicted octanol–water partition coefficient (Wildman–Crippen LogP) is 2.89. The van der Waals surface area contributed by atoms with Gasteiger partial charge in [-0.2, -0.15) is 0 Å². The summed E-state index contributed by atoms with van der Waals surface area (Å²) in [5, 5.41) is 17.8. The summed E-state index contributed by atoms with van der Waals surface area (Å²) in [4.78, 5) is 46.5. The van der Waals surface area contributed by atoms with Gasteiger partial charge in [0.05, 0.1) is 23.0 Å². The van der Waals surface area contributed by atoms with Gasteiger partial charge in [0.1, 0.15) is 11.5 Å². The van der Waals surface area contributed by atoms with Gasteiger partial charge in [0.25, 0.3) is 17.7 Å². The van der Waals surface area contributed by atoms with Crippen molar-refractivity contribution in [3.63, 3.8) is 0 Å². The zero-order valence-electron chi connectivity index (χ0n) is 19.8. The second kappa shape index (κ2) is 12.0. The Morgan fingerprint density at radius 3 is 2.46 bits per heavy atom. The van der Waals surface area contributed by atoms with Crippen molar-refractivity contribution >= 4 is 40.7 Å². The minimum atomic E-state index is -0.583. The first kappa shape index (κ1) is 26.3. The van der Waals surface area contributed by atoms with Crippen LogP contribution in [0.4, 0.5) is 15.8 Å². The maximum Gasteiger partial charge on any atom is 0.276 e. The van der Waals surface area contributed by atoms with Crippen molar-refractivity contribution in [2.75, 3.05) is 36.8 Å². The zero-order chi connectivity index (χ0) is 26.4. The van der Waals surface area contributed by atoms with E-state index >= 15 is 0 Å².